The largest absolute Gasteiger partial charge is 0.478 e. The van der Waals surface area contributed by atoms with Crippen molar-refractivity contribution in [2.24, 2.45) is 0 Å². The van der Waals surface area contributed by atoms with E-state index in [1.807, 2.05) is 6.07 Å². The molecule has 0 spiro atoms. The summed E-state index contributed by atoms with van der Waals surface area (Å²) in [4.78, 5) is 13.1. The summed E-state index contributed by atoms with van der Waals surface area (Å²) in [6, 6.07) is 5.18. The predicted octanol–water partition coefficient (Wildman–Crippen LogP) is 3.77. The molecule has 0 amide bonds. The summed E-state index contributed by atoms with van der Waals surface area (Å²) in [5.74, 6) is -0.899. The van der Waals surface area contributed by atoms with E-state index in [0.29, 0.717) is 5.56 Å². The van der Waals surface area contributed by atoms with Gasteiger partial charge in [0.1, 0.15) is 0 Å². The van der Waals surface area contributed by atoms with E-state index in [1.165, 1.54) is 0 Å². The van der Waals surface area contributed by atoms with Gasteiger partial charge in [0.05, 0.1) is 5.56 Å². The molecule has 1 aromatic rings. The maximum atomic E-state index is 10.9. The molecule has 18 heavy (non-hydrogen) atoms. The normalized spacial score (nSPS) is 11.9. The topological polar surface area (TPSA) is 40.5 Å². The van der Waals surface area contributed by atoms with Gasteiger partial charge in [-0.15, -0.1) is 0 Å². The Kier molecular flexibility index (Phi) is 4.93. The van der Waals surface area contributed by atoms with E-state index in [0.717, 1.165) is 23.0 Å². The summed E-state index contributed by atoms with van der Waals surface area (Å²) < 4.78 is 0.848. The van der Waals surface area contributed by atoms with Crippen LogP contribution in [0.3, 0.4) is 0 Å². The molecule has 0 aromatic heterocycles. The number of carbonyl (C=O) groups is 1. The molecule has 0 fully saturated rings. The molecule has 1 N–H and O–H groups in total. The molecule has 0 heterocycles. The highest BCUT2D eigenvalue weighted by atomic mass is 79.9. The Hall–Kier alpha value is -0.870. The van der Waals surface area contributed by atoms with Crippen molar-refractivity contribution >= 4 is 21.9 Å². The van der Waals surface area contributed by atoms with E-state index < -0.39 is 5.97 Å². The fourth-order valence-corrected chi connectivity index (χ4v) is 2.05. The van der Waals surface area contributed by atoms with E-state index in [-0.39, 0.29) is 5.54 Å². The zero-order valence-corrected chi connectivity index (χ0v) is 12.9. The van der Waals surface area contributed by atoms with Crippen molar-refractivity contribution < 1.29 is 9.90 Å². The third-order valence-electron chi connectivity index (χ3n) is 3.61. The number of hydrogen-bond acceptors (Lipinski definition) is 2. The first-order valence-corrected chi connectivity index (χ1v) is 6.80. The van der Waals surface area contributed by atoms with Crippen molar-refractivity contribution in [1.29, 1.82) is 0 Å². The Bertz CT molecular complexity index is 443. The van der Waals surface area contributed by atoms with Gasteiger partial charge in [-0.25, -0.2) is 4.79 Å². The van der Waals surface area contributed by atoms with Crippen LogP contribution >= 0.6 is 15.9 Å². The molecule has 100 valence electrons. The predicted molar refractivity (Wildman–Crippen MR) is 76.9 cm³/mol. The number of halogens is 1. The molecule has 3 nitrogen and oxygen atoms in total. The molecular formula is C14H20BrNO2. The first-order valence-electron chi connectivity index (χ1n) is 6.01. The van der Waals surface area contributed by atoms with Gasteiger partial charge in [0.25, 0.3) is 0 Å². The number of hydrogen-bond donors (Lipinski definition) is 1. The molecule has 1 aromatic carbocycles. The van der Waals surface area contributed by atoms with Crippen LogP contribution in [0.15, 0.2) is 22.7 Å². The van der Waals surface area contributed by atoms with Crippen molar-refractivity contribution in [1.82, 2.24) is 4.90 Å². The van der Waals surface area contributed by atoms with Crippen LogP contribution in [-0.4, -0.2) is 28.6 Å². The highest BCUT2D eigenvalue weighted by Gasteiger charge is 2.21. The average Bonchev–Trinajstić information content (AvgIpc) is 2.31. The van der Waals surface area contributed by atoms with Crippen LogP contribution in [0, 0.1) is 0 Å². The molecule has 0 aliphatic rings. The van der Waals surface area contributed by atoms with Gasteiger partial charge in [-0.3, -0.25) is 4.90 Å². The first-order chi connectivity index (χ1) is 8.27. The maximum Gasteiger partial charge on any atom is 0.335 e. The van der Waals surface area contributed by atoms with Gasteiger partial charge >= 0.3 is 5.97 Å². The molecule has 0 saturated carbocycles. The lowest BCUT2D eigenvalue weighted by Crippen LogP contribution is -2.39. The third kappa shape index (κ3) is 3.56. The van der Waals surface area contributed by atoms with Crippen molar-refractivity contribution in [3.8, 4) is 0 Å². The molecule has 1 rings (SSSR count). The Morgan fingerprint density at radius 2 is 2.06 bits per heavy atom. The second-order valence-corrected chi connectivity index (χ2v) is 5.99. The number of rotatable bonds is 5. The summed E-state index contributed by atoms with van der Waals surface area (Å²) in [5.41, 5.74) is 1.54. The van der Waals surface area contributed by atoms with Crippen LogP contribution in [0.1, 0.15) is 43.1 Å². The molecule has 4 heteroatoms. The molecule has 0 bridgehead atoms. The highest BCUT2D eigenvalue weighted by molar-refractivity contribution is 9.10. The van der Waals surface area contributed by atoms with Crippen molar-refractivity contribution in [2.45, 2.75) is 39.3 Å². The van der Waals surface area contributed by atoms with E-state index in [4.69, 9.17) is 5.11 Å². The SMILES string of the molecule is CCC(C)(C)N(C)Cc1ccc(C(=O)O)cc1Br. The number of carboxylic acid groups (broad SMARTS) is 1. The first kappa shape index (κ1) is 15.2. The van der Waals surface area contributed by atoms with E-state index in [9.17, 15) is 4.79 Å². The second kappa shape index (κ2) is 5.85. The Balaban J connectivity index is 2.89. The Labute approximate surface area is 117 Å². The smallest absolute Gasteiger partial charge is 0.335 e. The Morgan fingerprint density at radius 3 is 2.50 bits per heavy atom. The standard InChI is InChI=1S/C14H20BrNO2/c1-5-14(2,3)16(4)9-11-7-6-10(13(17)18)8-12(11)15/h6-8H,5,9H2,1-4H3,(H,17,18). The quantitative estimate of drug-likeness (QED) is 0.899. The van der Waals surface area contributed by atoms with Crippen LogP contribution in [0.25, 0.3) is 0 Å². The molecule has 0 aliphatic carbocycles. The number of aromatic carboxylic acids is 1. The molecule has 0 saturated heterocycles. The van der Waals surface area contributed by atoms with E-state index in [2.05, 4.69) is 48.6 Å². The minimum atomic E-state index is -0.899. The van der Waals surface area contributed by atoms with Crippen LogP contribution in [0.4, 0.5) is 0 Å². The van der Waals surface area contributed by atoms with Crippen LogP contribution < -0.4 is 0 Å². The van der Waals surface area contributed by atoms with Crippen molar-refractivity contribution in [3.05, 3.63) is 33.8 Å². The molecule has 0 atom stereocenters. The maximum absolute atomic E-state index is 10.9. The van der Waals surface area contributed by atoms with Gasteiger partial charge in [0, 0.05) is 16.6 Å². The van der Waals surface area contributed by atoms with Gasteiger partial charge in [0.2, 0.25) is 0 Å². The monoisotopic (exact) mass is 313 g/mol. The Morgan fingerprint density at radius 1 is 1.44 bits per heavy atom. The zero-order valence-electron chi connectivity index (χ0n) is 11.3. The molecule has 0 unspecified atom stereocenters. The van der Waals surface area contributed by atoms with E-state index in [1.54, 1.807) is 12.1 Å². The van der Waals surface area contributed by atoms with Crippen molar-refractivity contribution in [3.63, 3.8) is 0 Å². The zero-order chi connectivity index (χ0) is 13.9. The van der Waals surface area contributed by atoms with Gasteiger partial charge in [-0.05, 0) is 45.0 Å². The third-order valence-corrected chi connectivity index (χ3v) is 4.34. The van der Waals surface area contributed by atoms with Gasteiger partial charge in [0.15, 0.2) is 0 Å². The van der Waals surface area contributed by atoms with E-state index >= 15 is 0 Å². The molecule has 0 aliphatic heterocycles. The summed E-state index contributed by atoms with van der Waals surface area (Å²) in [6.45, 7) is 7.36. The minimum Gasteiger partial charge on any atom is -0.478 e. The second-order valence-electron chi connectivity index (χ2n) is 5.13. The number of nitrogens with zero attached hydrogens (tertiary/aromatic N) is 1. The summed E-state index contributed by atoms with van der Waals surface area (Å²) in [5, 5.41) is 8.92. The van der Waals surface area contributed by atoms with Gasteiger partial charge in [-0.2, -0.15) is 0 Å². The lowest BCUT2D eigenvalue weighted by atomic mass is 9.99. The number of benzene rings is 1. The van der Waals surface area contributed by atoms with Crippen LogP contribution in [0.5, 0.6) is 0 Å². The minimum absolute atomic E-state index is 0.130. The fraction of sp³-hybridized carbons (Fsp3) is 0.500. The fourth-order valence-electron chi connectivity index (χ4n) is 1.55. The highest BCUT2D eigenvalue weighted by Crippen LogP contribution is 2.24. The summed E-state index contributed by atoms with van der Waals surface area (Å²) in [7, 11) is 2.08. The lowest BCUT2D eigenvalue weighted by Gasteiger charge is -2.35. The molecular weight excluding hydrogens is 294 g/mol. The molecule has 0 radical (unpaired) electrons. The van der Waals surface area contributed by atoms with Crippen molar-refractivity contribution in [2.75, 3.05) is 7.05 Å². The summed E-state index contributed by atoms with van der Waals surface area (Å²) in [6.07, 6.45) is 1.06. The number of carboxylic acids is 1. The summed E-state index contributed by atoms with van der Waals surface area (Å²) >= 11 is 3.44. The van der Waals surface area contributed by atoms with Gasteiger partial charge < -0.3 is 5.11 Å². The lowest BCUT2D eigenvalue weighted by molar-refractivity contribution is 0.0696. The van der Waals surface area contributed by atoms with Gasteiger partial charge in [-0.1, -0.05) is 28.9 Å². The van der Waals surface area contributed by atoms with Crippen LogP contribution in [0.2, 0.25) is 0 Å². The average molecular weight is 314 g/mol. The van der Waals surface area contributed by atoms with Crippen LogP contribution in [-0.2, 0) is 6.54 Å².